The average molecular weight is 639 g/mol. The van der Waals surface area contributed by atoms with Crippen LogP contribution in [0, 0.1) is 26.0 Å². The standard InChI is InChI=1S/C34H34N4O4.C6H4/c1-7-21-17(3)25-13-26-19(5)23(9-11-33(39)40)31(37-26)16-32-24(10-12-34(41)42)20(6)28(38-32)15-30-22(8-2)18(4)27(36-30)14-29(21)35-25;1-2-4-6-5-3-1/h7-8,13-16,35-36H,1-2,9-12H2,3-6H3,(H,39,40)(H,41,42);1-4H. The summed E-state index contributed by atoms with van der Waals surface area (Å²) in [5.41, 5.74) is 13.7. The highest BCUT2D eigenvalue weighted by molar-refractivity contribution is 5.97. The topological polar surface area (TPSA) is 132 Å². The maximum Gasteiger partial charge on any atom is 0.303 e. The van der Waals surface area contributed by atoms with Gasteiger partial charge in [-0.05, 0) is 110 Å². The van der Waals surface area contributed by atoms with E-state index < -0.39 is 11.9 Å². The summed E-state index contributed by atoms with van der Waals surface area (Å²) in [5.74, 6) is -1.78. The molecule has 4 N–H and O–H groups in total. The van der Waals surface area contributed by atoms with E-state index in [1.807, 2.05) is 82.3 Å². The lowest BCUT2D eigenvalue weighted by molar-refractivity contribution is -0.137. The van der Waals surface area contributed by atoms with Gasteiger partial charge in [0, 0.05) is 46.0 Å². The molecule has 242 valence electrons. The molecule has 0 amide bonds. The third kappa shape index (κ3) is 6.91. The molecule has 48 heavy (non-hydrogen) atoms. The van der Waals surface area contributed by atoms with Crippen molar-refractivity contribution in [2.45, 2.75) is 53.4 Å². The van der Waals surface area contributed by atoms with Crippen LogP contribution < -0.4 is 0 Å². The Morgan fingerprint density at radius 1 is 0.667 bits per heavy atom. The minimum atomic E-state index is -0.889. The van der Waals surface area contributed by atoms with Crippen molar-refractivity contribution in [2.75, 3.05) is 0 Å². The van der Waals surface area contributed by atoms with E-state index in [2.05, 4.69) is 41.3 Å². The van der Waals surface area contributed by atoms with Crippen molar-refractivity contribution in [2.24, 2.45) is 0 Å². The van der Waals surface area contributed by atoms with Crippen molar-refractivity contribution in [3.63, 3.8) is 0 Å². The first kappa shape index (κ1) is 33.4. The number of carbonyl (C=O) groups is 2. The highest BCUT2D eigenvalue weighted by atomic mass is 16.4. The van der Waals surface area contributed by atoms with Crippen molar-refractivity contribution < 1.29 is 19.8 Å². The van der Waals surface area contributed by atoms with Gasteiger partial charge in [0.05, 0.1) is 22.8 Å². The highest BCUT2D eigenvalue weighted by Gasteiger charge is 2.22. The molecule has 0 spiro atoms. The Morgan fingerprint density at radius 2 is 1.08 bits per heavy atom. The first-order valence-electron chi connectivity index (χ1n) is 15.7. The molecule has 8 nitrogen and oxygen atoms in total. The van der Waals surface area contributed by atoms with Crippen LogP contribution in [-0.2, 0) is 9.59 Å². The van der Waals surface area contributed by atoms with Gasteiger partial charge in [-0.3, -0.25) is 9.59 Å². The molecule has 0 fully saturated rings. The van der Waals surface area contributed by atoms with Crippen LogP contribution in [-0.4, -0.2) is 42.1 Å². The minimum absolute atomic E-state index is 0.0367. The molecule has 0 atom stereocenters. The summed E-state index contributed by atoms with van der Waals surface area (Å²) in [6.45, 7) is 16.1. The molecule has 0 saturated carbocycles. The zero-order valence-corrected chi connectivity index (χ0v) is 27.6. The van der Waals surface area contributed by atoms with Crippen LogP contribution in [0.4, 0.5) is 0 Å². The second-order valence-corrected chi connectivity index (χ2v) is 11.7. The molecule has 8 bridgehead atoms. The van der Waals surface area contributed by atoms with Gasteiger partial charge in [0.1, 0.15) is 0 Å². The molecule has 0 saturated heterocycles. The Hall–Kier alpha value is -5.94. The number of nitrogens with zero attached hydrogens (tertiary/aromatic N) is 2. The lowest BCUT2D eigenvalue weighted by Crippen LogP contribution is -1.97. The molecule has 0 aliphatic carbocycles. The number of hydrogen-bond acceptors (Lipinski definition) is 4. The number of carboxylic acid groups (broad SMARTS) is 2. The fourth-order valence-electron chi connectivity index (χ4n) is 6.07. The monoisotopic (exact) mass is 638 g/mol. The summed E-state index contributed by atoms with van der Waals surface area (Å²) in [5, 5.41) is 18.9. The average Bonchev–Trinajstić information content (AvgIpc) is 3.72. The maximum atomic E-state index is 11.5. The van der Waals surface area contributed by atoms with Crippen LogP contribution in [0.2, 0.25) is 0 Å². The fourth-order valence-corrected chi connectivity index (χ4v) is 6.07. The summed E-state index contributed by atoms with van der Waals surface area (Å²) >= 11 is 0. The van der Waals surface area contributed by atoms with Crippen LogP contribution in [0.25, 0.3) is 56.5 Å². The van der Waals surface area contributed by atoms with Gasteiger partial charge in [0.2, 0.25) is 0 Å². The van der Waals surface area contributed by atoms with E-state index >= 15 is 0 Å². The second-order valence-electron chi connectivity index (χ2n) is 11.7. The third-order valence-corrected chi connectivity index (χ3v) is 8.77. The first-order chi connectivity index (χ1) is 23.0. The van der Waals surface area contributed by atoms with Gasteiger partial charge in [-0.25, -0.2) is 9.97 Å². The van der Waals surface area contributed by atoms with Crippen LogP contribution in [0.15, 0.2) is 61.7 Å². The number of aryl methyl sites for hydroxylation is 2. The van der Waals surface area contributed by atoms with Crippen LogP contribution in [0.5, 0.6) is 0 Å². The van der Waals surface area contributed by atoms with Crippen LogP contribution in [0.3, 0.4) is 0 Å². The number of hydrogen-bond donors (Lipinski definition) is 4. The summed E-state index contributed by atoms with van der Waals surface area (Å²) < 4.78 is 0. The van der Waals surface area contributed by atoms with Gasteiger partial charge in [0.15, 0.2) is 0 Å². The number of H-pyrrole nitrogens is 2. The van der Waals surface area contributed by atoms with E-state index in [9.17, 15) is 19.8 Å². The normalized spacial score (nSPS) is 12.2. The lowest BCUT2D eigenvalue weighted by Gasteiger charge is -2.05. The zero-order valence-electron chi connectivity index (χ0n) is 27.6. The van der Waals surface area contributed by atoms with Gasteiger partial charge in [-0.15, -0.1) is 0 Å². The Morgan fingerprint density at radius 3 is 1.48 bits per heavy atom. The SMILES string of the molecule is C=Cc1c(C)c2cc3[nH]c(cc4nc(cc5nc(cc1[nH]2)C(C)=C5CCC(=O)O)C(CCC(=O)O)=C4C)c(C)c3C=C.c1ccccc#1. The first-order valence-corrected chi connectivity index (χ1v) is 15.7. The summed E-state index contributed by atoms with van der Waals surface area (Å²) in [6.07, 6.45) is 4.20. The molecule has 6 rings (SSSR count). The second kappa shape index (κ2) is 14.2. The van der Waals surface area contributed by atoms with Crippen molar-refractivity contribution in [3.05, 3.63) is 119 Å². The van der Waals surface area contributed by atoms with Crippen molar-refractivity contribution in [1.29, 1.82) is 0 Å². The quantitative estimate of drug-likeness (QED) is 0.152. The molecule has 3 aromatic heterocycles. The number of carboxylic acids is 2. The number of fused-ring (bicyclic) bond motifs is 8. The fraction of sp³-hybridized carbons (Fsp3) is 0.200. The van der Waals surface area contributed by atoms with Gasteiger partial charge in [0.25, 0.3) is 0 Å². The molecule has 0 radical (unpaired) electrons. The molecule has 0 unspecified atom stereocenters. The summed E-state index contributed by atoms with van der Waals surface area (Å²) in [4.78, 5) is 40.0. The number of allylic oxidation sites excluding steroid dienone is 4. The van der Waals surface area contributed by atoms with Gasteiger partial charge < -0.3 is 20.2 Å². The number of aliphatic carboxylic acids is 2. The van der Waals surface area contributed by atoms with Crippen molar-refractivity contribution in [1.82, 2.24) is 19.9 Å². The maximum absolute atomic E-state index is 11.5. The molecule has 2 aliphatic heterocycles. The van der Waals surface area contributed by atoms with E-state index in [1.54, 1.807) is 0 Å². The van der Waals surface area contributed by atoms with Crippen LogP contribution in [0.1, 0.15) is 84.6 Å². The number of aromatic nitrogens is 4. The molecule has 2 aliphatic rings. The van der Waals surface area contributed by atoms with Crippen molar-refractivity contribution >= 4 is 68.4 Å². The third-order valence-electron chi connectivity index (χ3n) is 8.77. The molecule has 5 heterocycles. The van der Waals surface area contributed by atoms with Gasteiger partial charge in [-0.2, -0.15) is 0 Å². The predicted octanol–water partition coefficient (Wildman–Crippen LogP) is 9.10. The summed E-state index contributed by atoms with van der Waals surface area (Å²) in [6, 6.07) is 20.9. The smallest absolute Gasteiger partial charge is 0.303 e. The molecule has 8 heteroatoms. The number of rotatable bonds is 8. The molecular weight excluding hydrogens is 600 g/mol. The Bertz CT molecular complexity index is 2140. The van der Waals surface area contributed by atoms with Gasteiger partial charge in [-0.1, -0.05) is 49.6 Å². The summed E-state index contributed by atoms with van der Waals surface area (Å²) in [7, 11) is 0. The minimum Gasteiger partial charge on any atom is -0.481 e. The zero-order chi connectivity index (χ0) is 34.5. The number of aromatic amines is 2. The van der Waals surface area contributed by atoms with Gasteiger partial charge >= 0.3 is 11.9 Å². The van der Waals surface area contributed by atoms with E-state index in [4.69, 9.17) is 9.97 Å². The van der Waals surface area contributed by atoms with E-state index in [0.717, 1.165) is 78.0 Å². The molecule has 1 aromatic carbocycles. The lowest BCUT2D eigenvalue weighted by atomic mass is 9.98. The van der Waals surface area contributed by atoms with E-state index in [-0.39, 0.29) is 12.8 Å². The van der Waals surface area contributed by atoms with Crippen molar-refractivity contribution in [3.8, 4) is 0 Å². The number of nitrogens with one attached hydrogen (secondary N) is 2. The molecule has 4 aromatic rings. The Kier molecular flexibility index (Phi) is 9.91. The van der Waals surface area contributed by atoms with E-state index in [0.29, 0.717) is 24.2 Å². The van der Waals surface area contributed by atoms with E-state index in [1.165, 1.54) is 0 Å². The Labute approximate surface area is 280 Å². The molecular formula is C40H38N4O4. The predicted molar refractivity (Wildman–Crippen MR) is 193 cm³/mol. The van der Waals surface area contributed by atoms with Crippen LogP contribution >= 0.6 is 0 Å². The largest absolute Gasteiger partial charge is 0.481 e. The Balaban J connectivity index is 0.000000677. The highest BCUT2D eigenvalue weighted by Crippen LogP contribution is 2.38.